The van der Waals surface area contributed by atoms with E-state index < -0.39 is 5.97 Å². The van der Waals surface area contributed by atoms with Crippen LogP contribution >= 0.6 is 0 Å². The second-order valence-corrected chi connectivity index (χ2v) is 3.80. The summed E-state index contributed by atoms with van der Waals surface area (Å²) in [7, 11) is 0. The van der Waals surface area contributed by atoms with E-state index in [0.717, 1.165) is 5.69 Å². The molecule has 19 heavy (non-hydrogen) atoms. The molecular formula is C11H10N6O2. The summed E-state index contributed by atoms with van der Waals surface area (Å²) in [4.78, 5) is 11.2. The molecule has 0 bridgehead atoms. The quantitative estimate of drug-likeness (QED) is 0.735. The van der Waals surface area contributed by atoms with Gasteiger partial charge in [0.1, 0.15) is 6.34 Å². The summed E-state index contributed by atoms with van der Waals surface area (Å²) in [5.41, 5.74) is 6.75. The van der Waals surface area contributed by atoms with Gasteiger partial charge in [0.15, 0.2) is 0 Å². The lowest BCUT2D eigenvalue weighted by molar-refractivity contribution is 0.0697. The van der Waals surface area contributed by atoms with Gasteiger partial charge in [0.25, 0.3) is 0 Å². The van der Waals surface area contributed by atoms with E-state index >= 15 is 0 Å². The number of hydrogen-bond acceptors (Lipinski definition) is 6. The summed E-state index contributed by atoms with van der Waals surface area (Å²) in [6.07, 6.45) is 4.83. The fourth-order valence-electron chi connectivity index (χ4n) is 1.78. The summed E-state index contributed by atoms with van der Waals surface area (Å²) in [6, 6.07) is 6.66. The number of rotatable bonds is 3. The first-order valence-electron chi connectivity index (χ1n) is 5.46. The monoisotopic (exact) mass is 258 g/mol. The van der Waals surface area contributed by atoms with Crippen LogP contribution in [0, 0.1) is 0 Å². The summed E-state index contributed by atoms with van der Waals surface area (Å²) in [5.74, 6) is -1.00. The Hall–Kier alpha value is -2.87. The van der Waals surface area contributed by atoms with Crippen LogP contribution in [0.4, 0.5) is 5.69 Å². The molecule has 0 fully saturated rings. The lowest BCUT2D eigenvalue weighted by Gasteiger charge is -2.15. The number of nitrogens with zero attached hydrogens (tertiary/aromatic N) is 4. The van der Waals surface area contributed by atoms with Crippen molar-refractivity contribution in [2.45, 2.75) is 0 Å². The van der Waals surface area contributed by atoms with Crippen molar-refractivity contribution in [3.05, 3.63) is 42.2 Å². The Morgan fingerprint density at radius 2 is 2.26 bits per heavy atom. The first-order chi connectivity index (χ1) is 9.25. The molecule has 0 unspecified atom stereocenters. The van der Waals surface area contributed by atoms with E-state index in [0.29, 0.717) is 5.69 Å². The van der Waals surface area contributed by atoms with Crippen LogP contribution in [0.25, 0.3) is 5.69 Å². The summed E-state index contributed by atoms with van der Waals surface area (Å²) < 4.78 is 1.51. The average molecular weight is 258 g/mol. The Morgan fingerprint density at radius 1 is 1.37 bits per heavy atom. The van der Waals surface area contributed by atoms with Crippen LogP contribution in [-0.2, 0) is 0 Å². The number of hydrazine groups is 2. The number of aromatic carboxylic acids is 1. The zero-order valence-electron chi connectivity index (χ0n) is 9.69. The van der Waals surface area contributed by atoms with Crippen molar-refractivity contribution in [2.75, 3.05) is 5.01 Å². The van der Waals surface area contributed by atoms with Gasteiger partial charge in [0.05, 0.1) is 16.9 Å². The van der Waals surface area contributed by atoms with Gasteiger partial charge in [0.2, 0.25) is 0 Å². The lowest BCUT2D eigenvalue weighted by Crippen LogP contribution is -2.37. The summed E-state index contributed by atoms with van der Waals surface area (Å²) in [6.45, 7) is 0. The van der Waals surface area contributed by atoms with Gasteiger partial charge in [-0.2, -0.15) is 10.2 Å². The van der Waals surface area contributed by atoms with Crippen molar-refractivity contribution >= 4 is 18.0 Å². The van der Waals surface area contributed by atoms with Crippen molar-refractivity contribution in [3.8, 4) is 5.69 Å². The Labute approximate surface area is 107 Å². The standard InChI is InChI=1S/C11H10N6O2/c18-11(19)9-3-2-8(17-7-12-14-15-17)6-10(9)16-5-1-4-13-16/h1-7,14-15H,(H,18,19). The predicted molar refractivity (Wildman–Crippen MR) is 67.8 cm³/mol. The maximum Gasteiger partial charge on any atom is 0.337 e. The average Bonchev–Trinajstić information content (AvgIpc) is 3.11. The number of aromatic nitrogens is 2. The molecule has 8 heteroatoms. The van der Waals surface area contributed by atoms with Gasteiger partial charge < -0.3 is 5.11 Å². The van der Waals surface area contributed by atoms with Gasteiger partial charge in [-0.15, -0.1) is 5.53 Å². The number of carbonyl (C=O) groups is 1. The molecule has 3 rings (SSSR count). The SMILES string of the molecule is O=C(O)c1ccc(N2C=NNN2)cc1-n1cccn1. The number of hydrazone groups is 1. The van der Waals surface area contributed by atoms with E-state index in [1.165, 1.54) is 10.7 Å². The van der Waals surface area contributed by atoms with Crippen LogP contribution in [-0.4, -0.2) is 27.2 Å². The van der Waals surface area contributed by atoms with E-state index in [-0.39, 0.29) is 5.56 Å². The first-order valence-corrected chi connectivity index (χ1v) is 5.46. The number of hydrogen-bond donors (Lipinski definition) is 3. The van der Waals surface area contributed by atoms with E-state index in [4.69, 9.17) is 0 Å². The van der Waals surface area contributed by atoms with Crippen LogP contribution in [0.5, 0.6) is 0 Å². The summed E-state index contributed by atoms with van der Waals surface area (Å²) in [5, 5.41) is 18.7. The van der Waals surface area contributed by atoms with Crippen molar-refractivity contribution in [3.63, 3.8) is 0 Å². The molecule has 96 valence electrons. The smallest absolute Gasteiger partial charge is 0.337 e. The molecule has 1 aliphatic rings. The second-order valence-electron chi connectivity index (χ2n) is 3.80. The van der Waals surface area contributed by atoms with Gasteiger partial charge in [-0.3, -0.25) is 0 Å². The minimum Gasteiger partial charge on any atom is -0.478 e. The van der Waals surface area contributed by atoms with Crippen molar-refractivity contribution in [1.29, 1.82) is 0 Å². The van der Waals surface area contributed by atoms with Crippen LogP contribution in [0.1, 0.15) is 10.4 Å². The zero-order chi connectivity index (χ0) is 13.2. The maximum atomic E-state index is 11.2. The Morgan fingerprint density at radius 3 is 2.89 bits per heavy atom. The van der Waals surface area contributed by atoms with E-state index in [9.17, 15) is 9.90 Å². The number of benzene rings is 1. The molecule has 2 heterocycles. The molecule has 3 N–H and O–H groups in total. The first kappa shape index (κ1) is 11.2. The van der Waals surface area contributed by atoms with E-state index in [1.807, 2.05) is 0 Å². The highest BCUT2D eigenvalue weighted by atomic mass is 16.4. The molecule has 0 spiro atoms. The molecule has 1 aromatic carbocycles. The van der Waals surface area contributed by atoms with Crippen LogP contribution in [0.3, 0.4) is 0 Å². The van der Waals surface area contributed by atoms with Gasteiger partial charge in [-0.05, 0) is 24.3 Å². The fourth-order valence-corrected chi connectivity index (χ4v) is 1.78. The maximum absolute atomic E-state index is 11.2. The van der Waals surface area contributed by atoms with Crippen LogP contribution < -0.4 is 16.1 Å². The second kappa shape index (κ2) is 4.42. The zero-order valence-corrected chi connectivity index (χ0v) is 9.69. The van der Waals surface area contributed by atoms with Crippen molar-refractivity contribution in [2.24, 2.45) is 5.10 Å². The van der Waals surface area contributed by atoms with Crippen molar-refractivity contribution in [1.82, 2.24) is 20.9 Å². The third kappa shape index (κ3) is 2.00. The molecule has 2 aromatic rings. The van der Waals surface area contributed by atoms with Gasteiger partial charge in [-0.25, -0.2) is 20.0 Å². The predicted octanol–water partition coefficient (Wildman–Crippen LogP) is 0.343. The summed E-state index contributed by atoms with van der Waals surface area (Å²) >= 11 is 0. The minimum absolute atomic E-state index is 0.177. The highest BCUT2D eigenvalue weighted by Crippen LogP contribution is 2.21. The molecule has 8 nitrogen and oxygen atoms in total. The van der Waals surface area contributed by atoms with Gasteiger partial charge >= 0.3 is 5.97 Å². The molecule has 0 radical (unpaired) electrons. The largest absolute Gasteiger partial charge is 0.478 e. The Balaban J connectivity index is 2.09. The Kier molecular flexibility index (Phi) is 2.62. The molecule has 1 aromatic heterocycles. The number of carboxylic acids is 1. The molecule has 0 amide bonds. The number of carboxylic acid groups (broad SMARTS) is 1. The highest BCUT2D eigenvalue weighted by molar-refractivity contribution is 5.93. The normalized spacial score (nSPS) is 13.6. The molecular weight excluding hydrogens is 248 g/mol. The number of nitrogens with one attached hydrogen (secondary N) is 2. The van der Waals surface area contributed by atoms with Gasteiger partial charge in [0, 0.05) is 12.4 Å². The lowest BCUT2D eigenvalue weighted by atomic mass is 10.1. The minimum atomic E-state index is -1.00. The molecule has 0 saturated heterocycles. The third-order valence-electron chi connectivity index (χ3n) is 2.65. The third-order valence-corrected chi connectivity index (χ3v) is 2.65. The molecule has 1 aliphatic heterocycles. The fraction of sp³-hybridized carbons (Fsp3) is 0. The topological polar surface area (TPSA) is 94.8 Å². The van der Waals surface area contributed by atoms with Crippen molar-refractivity contribution < 1.29 is 9.90 Å². The number of anilines is 1. The van der Waals surface area contributed by atoms with Crippen LogP contribution in [0.2, 0.25) is 0 Å². The highest BCUT2D eigenvalue weighted by Gasteiger charge is 2.15. The van der Waals surface area contributed by atoms with Gasteiger partial charge in [-0.1, -0.05) is 0 Å². The molecule has 0 aliphatic carbocycles. The van der Waals surface area contributed by atoms with Crippen LogP contribution in [0.15, 0.2) is 41.8 Å². The Bertz CT molecular complexity index is 637. The van der Waals surface area contributed by atoms with E-state index in [1.54, 1.807) is 41.9 Å². The van der Waals surface area contributed by atoms with E-state index in [2.05, 4.69) is 21.3 Å². The molecule has 0 atom stereocenters. The molecule has 0 saturated carbocycles.